The Morgan fingerprint density at radius 2 is 1.92 bits per heavy atom. The van der Waals surface area contributed by atoms with Gasteiger partial charge in [0.2, 0.25) is 5.91 Å². The Morgan fingerprint density at radius 1 is 1.12 bits per heavy atom. The third-order valence-corrected chi connectivity index (χ3v) is 5.37. The SMILES string of the molecule is Cc1ccc(-c2ccccc2CN2CCC[C@H]2C(=O)N2CCOCC2)o1. The average Bonchev–Trinajstić information content (AvgIpc) is 3.31. The van der Waals surface area contributed by atoms with Gasteiger partial charge in [0.05, 0.1) is 19.3 Å². The van der Waals surface area contributed by atoms with Crippen molar-refractivity contribution in [1.82, 2.24) is 9.80 Å². The summed E-state index contributed by atoms with van der Waals surface area (Å²) in [4.78, 5) is 17.3. The zero-order valence-corrected chi connectivity index (χ0v) is 15.3. The van der Waals surface area contributed by atoms with Gasteiger partial charge < -0.3 is 14.1 Å². The largest absolute Gasteiger partial charge is 0.461 e. The van der Waals surface area contributed by atoms with Crippen molar-refractivity contribution in [3.8, 4) is 11.3 Å². The third kappa shape index (κ3) is 3.55. The van der Waals surface area contributed by atoms with Crippen LogP contribution in [0.5, 0.6) is 0 Å². The smallest absolute Gasteiger partial charge is 0.240 e. The van der Waals surface area contributed by atoms with Crippen LogP contribution in [0, 0.1) is 6.92 Å². The van der Waals surface area contributed by atoms with Gasteiger partial charge in [-0.15, -0.1) is 0 Å². The maximum atomic E-state index is 13.0. The number of aryl methyl sites for hydroxylation is 1. The van der Waals surface area contributed by atoms with Crippen LogP contribution in [0.15, 0.2) is 40.8 Å². The summed E-state index contributed by atoms with van der Waals surface area (Å²) < 4.78 is 11.2. The van der Waals surface area contributed by atoms with Gasteiger partial charge >= 0.3 is 0 Å². The maximum absolute atomic E-state index is 13.0. The van der Waals surface area contributed by atoms with E-state index in [-0.39, 0.29) is 11.9 Å². The maximum Gasteiger partial charge on any atom is 0.240 e. The Bertz CT molecular complexity index is 764. The van der Waals surface area contributed by atoms with E-state index in [1.165, 1.54) is 5.56 Å². The fourth-order valence-corrected chi connectivity index (χ4v) is 3.99. The zero-order valence-electron chi connectivity index (χ0n) is 15.3. The number of morpholine rings is 1. The van der Waals surface area contributed by atoms with Crippen LogP contribution in [0.4, 0.5) is 0 Å². The Kier molecular flexibility index (Phi) is 5.09. The number of benzene rings is 1. The number of hydrogen-bond acceptors (Lipinski definition) is 4. The molecule has 0 radical (unpaired) electrons. The van der Waals surface area contributed by atoms with E-state index >= 15 is 0 Å². The van der Waals surface area contributed by atoms with Gasteiger partial charge in [-0.2, -0.15) is 0 Å². The van der Waals surface area contributed by atoms with E-state index in [4.69, 9.17) is 9.15 Å². The lowest BCUT2D eigenvalue weighted by Gasteiger charge is -2.32. The van der Waals surface area contributed by atoms with Gasteiger partial charge in [0.1, 0.15) is 11.5 Å². The lowest BCUT2D eigenvalue weighted by Crippen LogP contribution is -2.49. The normalized spacial score (nSPS) is 21.3. The van der Waals surface area contributed by atoms with Crippen molar-refractivity contribution in [1.29, 1.82) is 0 Å². The number of hydrogen-bond donors (Lipinski definition) is 0. The number of likely N-dealkylation sites (tertiary alicyclic amines) is 1. The highest BCUT2D eigenvalue weighted by atomic mass is 16.5. The number of rotatable bonds is 4. The van der Waals surface area contributed by atoms with Crippen molar-refractivity contribution in [2.75, 3.05) is 32.8 Å². The van der Waals surface area contributed by atoms with Gasteiger partial charge in [-0.25, -0.2) is 0 Å². The Labute approximate surface area is 154 Å². The third-order valence-electron chi connectivity index (χ3n) is 5.37. The minimum absolute atomic E-state index is 0.0144. The first-order chi connectivity index (χ1) is 12.7. The summed E-state index contributed by atoms with van der Waals surface area (Å²) in [5.41, 5.74) is 2.33. The molecule has 2 aromatic rings. The molecule has 1 amide bonds. The van der Waals surface area contributed by atoms with E-state index in [2.05, 4.69) is 23.1 Å². The topological polar surface area (TPSA) is 45.9 Å². The van der Waals surface area contributed by atoms with Crippen LogP contribution in [-0.4, -0.2) is 54.6 Å². The summed E-state index contributed by atoms with van der Waals surface area (Å²) >= 11 is 0. The molecule has 0 N–H and O–H groups in total. The molecule has 1 aromatic carbocycles. The fraction of sp³-hybridized carbons (Fsp3) is 0.476. The summed E-state index contributed by atoms with van der Waals surface area (Å²) in [7, 11) is 0. The molecule has 2 aliphatic rings. The predicted molar refractivity (Wildman–Crippen MR) is 99.7 cm³/mol. The molecular formula is C21H26N2O3. The van der Waals surface area contributed by atoms with Gasteiger partial charge in [0, 0.05) is 25.2 Å². The first-order valence-electron chi connectivity index (χ1n) is 9.47. The zero-order chi connectivity index (χ0) is 17.9. The Balaban J connectivity index is 1.52. The number of furan rings is 1. The number of carbonyl (C=O) groups is 1. The van der Waals surface area contributed by atoms with Gasteiger partial charge in [0.15, 0.2) is 0 Å². The second kappa shape index (κ2) is 7.64. The van der Waals surface area contributed by atoms with E-state index in [0.717, 1.165) is 43.0 Å². The average molecular weight is 354 g/mol. The first kappa shape index (κ1) is 17.3. The molecular weight excluding hydrogens is 328 g/mol. The van der Waals surface area contributed by atoms with Crippen molar-refractivity contribution in [3.63, 3.8) is 0 Å². The predicted octanol–water partition coefficient (Wildman–Crippen LogP) is 3.08. The molecule has 2 aliphatic heterocycles. The molecule has 4 rings (SSSR count). The fourth-order valence-electron chi connectivity index (χ4n) is 3.99. The molecule has 0 spiro atoms. The van der Waals surface area contributed by atoms with Crippen molar-refractivity contribution < 1.29 is 13.9 Å². The minimum Gasteiger partial charge on any atom is -0.461 e. The van der Waals surface area contributed by atoms with Crippen LogP contribution in [-0.2, 0) is 16.1 Å². The summed E-state index contributed by atoms with van der Waals surface area (Å²) in [6, 6.07) is 12.3. The molecule has 138 valence electrons. The van der Waals surface area contributed by atoms with Gasteiger partial charge in [-0.1, -0.05) is 24.3 Å². The van der Waals surface area contributed by atoms with Gasteiger partial charge in [-0.05, 0) is 44.0 Å². The molecule has 0 saturated carbocycles. The second-order valence-electron chi connectivity index (χ2n) is 7.13. The summed E-state index contributed by atoms with van der Waals surface area (Å²) in [6.07, 6.45) is 2.01. The van der Waals surface area contributed by atoms with Gasteiger partial charge in [0.25, 0.3) is 0 Å². The van der Waals surface area contributed by atoms with Crippen molar-refractivity contribution in [2.24, 2.45) is 0 Å². The molecule has 1 atom stereocenters. The van der Waals surface area contributed by atoms with Gasteiger partial charge in [-0.3, -0.25) is 9.69 Å². The Hall–Kier alpha value is -2.11. The van der Waals surface area contributed by atoms with Crippen molar-refractivity contribution >= 4 is 5.91 Å². The Morgan fingerprint density at radius 3 is 2.69 bits per heavy atom. The van der Waals surface area contributed by atoms with E-state index in [1.54, 1.807) is 0 Å². The van der Waals surface area contributed by atoms with E-state index in [1.807, 2.05) is 30.0 Å². The standard InChI is InChI=1S/C21H26N2O3/c1-16-8-9-20(26-16)18-6-3-2-5-17(18)15-23-10-4-7-19(23)21(24)22-11-13-25-14-12-22/h2-3,5-6,8-9,19H,4,7,10-15H2,1H3/t19-/m0/s1. The molecule has 26 heavy (non-hydrogen) atoms. The molecule has 0 aliphatic carbocycles. The summed E-state index contributed by atoms with van der Waals surface area (Å²) in [5.74, 6) is 2.07. The molecule has 2 fully saturated rings. The molecule has 5 nitrogen and oxygen atoms in total. The molecule has 0 bridgehead atoms. The van der Waals surface area contributed by atoms with Crippen molar-refractivity contribution in [3.05, 3.63) is 47.7 Å². The van der Waals surface area contributed by atoms with Crippen LogP contribution in [0.2, 0.25) is 0 Å². The molecule has 0 unspecified atom stereocenters. The number of carbonyl (C=O) groups excluding carboxylic acids is 1. The highest BCUT2D eigenvalue weighted by Crippen LogP contribution is 2.29. The minimum atomic E-state index is -0.0144. The van der Waals surface area contributed by atoms with Crippen LogP contribution >= 0.6 is 0 Å². The first-order valence-corrected chi connectivity index (χ1v) is 9.47. The molecule has 5 heteroatoms. The van der Waals surface area contributed by atoms with E-state index < -0.39 is 0 Å². The van der Waals surface area contributed by atoms with Crippen LogP contribution < -0.4 is 0 Å². The molecule has 1 aromatic heterocycles. The highest BCUT2D eigenvalue weighted by Gasteiger charge is 2.34. The van der Waals surface area contributed by atoms with E-state index in [0.29, 0.717) is 26.3 Å². The highest BCUT2D eigenvalue weighted by molar-refractivity contribution is 5.82. The molecule has 3 heterocycles. The number of nitrogens with zero attached hydrogens (tertiary/aromatic N) is 2. The van der Waals surface area contributed by atoms with E-state index in [9.17, 15) is 4.79 Å². The summed E-state index contributed by atoms with van der Waals surface area (Å²) in [6.45, 7) is 6.43. The lowest BCUT2D eigenvalue weighted by atomic mass is 10.0. The van der Waals surface area contributed by atoms with Crippen LogP contribution in [0.3, 0.4) is 0 Å². The van der Waals surface area contributed by atoms with Crippen LogP contribution in [0.1, 0.15) is 24.2 Å². The van der Waals surface area contributed by atoms with Crippen LogP contribution in [0.25, 0.3) is 11.3 Å². The van der Waals surface area contributed by atoms with Crippen molar-refractivity contribution in [2.45, 2.75) is 32.4 Å². The lowest BCUT2D eigenvalue weighted by molar-refractivity contribution is -0.140. The quantitative estimate of drug-likeness (QED) is 0.846. The summed E-state index contributed by atoms with van der Waals surface area (Å²) in [5, 5.41) is 0. The monoisotopic (exact) mass is 354 g/mol. The number of ether oxygens (including phenoxy) is 1. The molecule has 2 saturated heterocycles. The second-order valence-corrected chi connectivity index (χ2v) is 7.13. The number of amides is 1.